The number of carbonyl (C=O) groups excluding carboxylic acids is 1. The molecular weight excluding hydrogens is 428 g/mol. The molecule has 170 valence electrons. The van der Waals surface area contributed by atoms with Crippen LogP contribution < -0.4 is 21.9 Å². The number of hydrogen-bond donors (Lipinski definition) is 3. The summed E-state index contributed by atoms with van der Waals surface area (Å²) in [5.74, 6) is 3.75. The van der Waals surface area contributed by atoms with Gasteiger partial charge in [-0.3, -0.25) is 9.80 Å². The van der Waals surface area contributed by atoms with E-state index >= 15 is 0 Å². The molecule has 0 unspecified atom stereocenters. The fraction of sp³-hybridized carbons (Fsp3) is 0.130. The van der Waals surface area contributed by atoms with Crippen molar-refractivity contribution in [1.82, 2.24) is 4.98 Å². The van der Waals surface area contributed by atoms with Crippen LogP contribution in [0.5, 0.6) is 0 Å². The molecule has 1 heterocycles. The summed E-state index contributed by atoms with van der Waals surface area (Å²) in [6.07, 6.45) is 2.74. The highest BCUT2D eigenvalue weighted by Gasteiger charge is 2.21. The fourth-order valence-electron chi connectivity index (χ4n) is 3.10. The molecule has 10 heteroatoms. The Balaban J connectivity index is 1.97. The minimum absolute atomic E-state index is 0.0526. The summed E-state index contributed by atoms with van der Waals surface area (Å²) < 4.78 is 28.0. The van der Waals surface area contributed by atoms with Crippen molar-refractivity contribution in [2.75, 3.05) is 16.1 Å². The zero-order valence-corrected chi connectivity index (χ0v) is 17.9. The summed E-state index contributed by atoms with van der Waals surface area (Å²) in [4.78, 5) is 16.0. The maximum absolute atomic E-state index is 14.3. The minimum Gasteiger partial charge on any atom is -0.383 e. The molecule has 1 aromatic heterocycles. The number of carbonyl (C=O) groups is 1. The van der Waals surface area contributed by atoms with Crippen LogP contribution in [0.2, 0.25) is 0 Å². The SMILES string of the molecule is C=N/N=C(/c1cc(-c2ccc(NC(=O)CCC)cc2)cnc1N)N(N)c1cccc(F)c1F. The zero-order chi connectivity index (χ0) is 24.0. The van der Waals surface area contributed by atoms with Crippen LogP contribution in [-0.4, -0.2) is 23.4 Å². The summed E-state index contributed by atoms with van der Waals surface area (Å²) in [7, 11) is 0. The average Bonchev–Trinajstić information content (AvgIpc) is 2.80. The van der Waals surface area contributed by atoms with Gasteiger partial charge in [0.2, 0.25) is 5.91 Å². The third-order valence-corrected chi connectivity index (χ3v) is 4.72. The van der Waals surface area contributed by atoms with Gasteiger partial charge in [-0.25, -0.2) is 19.6 Å². The van der Waals surface area contributed by atoms with Crippen molar-refractivity contribution in [3.05, 3.63) is 71.9 Å². The lowest BCUT2D eigenvalue weighted by atomic mass is 10.0. The summed E-state index contributed by atoms with van der Waals surface area (Å²) in [5, 5.41) is 11.0. The van der Waals surface area contributed by atoms with Crippen LogP contribution in [0.15, 0.2) is 64.9 Å². The van der Waals surface area contributed by atoms with Crippen LogP contribution in [-0.2, 0) is 4.79 Å². The lowest BCUT2D eigenvalue weighted by Gasteiger charge is -2.21. The first-order valence-corrected chi connectivity index (χ1v) is 10.0. The average molecular weight is 451 g/mol. The van der Waals surface area contributed by atoms with E-state index in [4.69, 9.17) is 11.6 Å². The van der Waals surface area contributed by atoms with Gasteiger partial charge in [0.15, 0.2) is 17.5 Å². The molecule has 3 aromatic rings. The molecule has 0 fully saturated rings. The lowest BCUT2D eigenvalue weighted by molar-refractivity contribution is -0.116. The second kappa shape index (κ2) is 10.4. The summed E-state index contributed by atoms with van der Waals surface area (Å²) in [6, 6.07) is 12.3. The molecule has 0 radical (unpaired) electrons. The van der Waals surface area contributed by atoms with Crippen LogP contribution in [0.25, 0.3) is 11.1 Å². The van der Waals surface area contributed by atoms with E-state index in [1.54, 1.807) is 36.5 Å². The number of nitrogen functional groups attached to an aromatic ring is 1. The molecule has 0 atom stereocenters. The maximum atomic E-state index is 14.3. The van der Waals surface area contributed by atoms with Gasteiger partial charge in [-0.15, -0.1) is 5.10 Å². The van der Waals surface area contributed by atoms with Crippen molar-refractivity contribution in [3.8, 4) is 11.1 Å². The molecule has 0 aliphatic rings. The largest absolute Gasteiger partial charge is 0.383 e. The predicted octanol–water partition coefficient (Wildman–Crippen LogP) is 4.09. The Bertz CT molecular complexity index is 1200. The van der Waals surface area contributed by atoms with E-state index in [1.807, 2.05) is 6.92 Å². The predicted molar refractivity (Wildman–Crippen MR) is 127 cm³/mol. The second-order valence-electron chi connectivity index (χ2n) is 7.04. The molecule has 0 saturated carbocycles. The fourth-order valence-corrected chi connectivity index (χ4v) is 3.10. The number of nitrogens with zero attached hydrogens (tertiary/aromatic N) is 4. The highest BCUT2D eigenvalue weighted by Crippen LogP contribution is 2.27. The Morgan fingerprint density at radius 2 is 1.91 bits per heavy atom. The van der Waals surface area contributed by atoms with Gasteiger partial charge in [0, 0.05) is 30.6 Å². The number of pyridine rings is 1. The van der Waals surface area contributed by atoms with Gasteiger partial charge in [-0.05, 0) is 42.3 Å². The lowest BCUT2D eigenvalue weighted by Crippen LogP contribution is -2.39. The first-order chi connectivity index (χ1) is 15.8. The highest BCUT2D eigenvalue weighted by molar-refractivity contribution is 6.12. The number of aromatic nitrogens is 1. The number of nitrogens with one attached hydrogen (secondary N) is 1. The number of amides is 1. The Labute approximate surface area is 189 Å². The molecule has 33 heavy (non-hydrogen) atoms. The van der Waals surface area contributed by atoms with Gasteiger partial charge in [0.05, 0.1) is 11.3 Å². The molecule has 5 N–H and O–H groups in total. The molecule has 3 rings (SSSR count). The number of nitrogens with two attached hydrogens (primary N) is 2. The Hall–Kier alpha value is -4.18. The summed E-state index contributed by atoms with van der Waals surface area (Å²) in [6.45, 7) is 5.24. The monoisotopic (exact) mass is 451 g/mol. The molecule has 8 nitrogen and oxygen atoms in total. The quantitative estimate of drug-likeness (QED) is 0.216. The Kier molecular flexibility index (Phi) is 7.42. The number of hydrogen-bond acceptors (Lipinski definition) is 6. The Morgan fingerprint density at radius 1 is 1.18 bits per heavy atom. The maximum Gasteiger partial charge on any atom is 0.224 e. The van der Waals surface area contributed by atoms with Crippen molar-refractivity contribution in [2.45, 2.75) is 19.8 Å². The highest BCUT2D eigenvalue weighted by atomic mass is 19.2. The molecular formula is C23H23F2N7O. The summed E-state index contributed by atoms with van der Waals surface area (Å²) >= 11 is 0. The minimum atomic E-state index is -1.15. The number of amidine groups is 1. The van der Waals surface area contributed by atoms with Crippen LogP contribution in [0.4, 0.5) is 26.0 Å². The van der Waals surface area contributed by atoms with Crippen molar-refractivity contribution < 1.29 is 13.6 Å². The molecule has 0 aliphatic carbocycles. The number of anilines is 3. The van der Waals surface area contributed by atoms with Crippen molar-refractivity contribution >= 4 is 35.7 Å². The van der Waals surface area contributed by atoms with Gasteiger partial charge in [-0.2, -0.15) is 5.10 Å². The van der Waals surface area contributed by atoms with Crippen LogP contribution in [0.1, 0.15) is 25.3 Å². The van der Waals surface area contributed by atoms with Crippen molar-refractivity contribution in [3.63, 3.8) is 0 Å². The molecule has 0 bridgehead atoms. The van der Waals surface area contributed by atoms with E-state index in [1.165, 1.54) is 12.1 Å². The smallest absolute Gasteiger partial charge is 0.224 e. The van der Waals surface area contributed by atoms with Gasteiger partial charge >= 0.3 is 0 Å². The van der Waals surface area contributed by atoms with E-state index in [9.17, 15) is 13.6 Å². The number of hydrazine groups is 1. The van der Waals surface area contributed by atoms with Gasteiger partial charge in [-0.1, -0.05) is 25.1 Å². The molecule has 1 amide bonds. The third-order valence-electron chi connectivity index (χ3n) is 4.72. The summed E-state index contributed by atoms with van der Waals surface area (Å²) in [5.41, 5.74) is 8.09. The first kappa shape index (κ1) is 23.5. The number of halogens is 2. The van der Waals surface area contributed by atoms with E-state index in [0.29, 0.717) is 17.7 Å². The topological polar surface area (TPSA) is 122 Å². The molecule has 2 aromatic carbocycles. The Morgan fingerprint density at radius 3 is 2.58 bits per heavy atom. The molecule has 0 aliphatic heterocycles. The van der Waals surface area contributed by atoms with Gasteiger partial charge in [0.1, 0.15) is 5.82 Å². The normalized spacial score (nSPS) is 11.2. The van der Waals surface area contributed by atoms with Gasteiger partial charge < -0.3 is 11.1 Å². The van der Waals surface area contributed by atoms with Crippen LogP contribution in [0, 0.1) is 11.6 Å². The van der Waals surface area contributed by atoms with Crippen LogP contribution in [0.3, 0.4) is 0 Å². The van der Waals surface area contributed by atoms with E-state index in [2.05, 4.69) is 27.2 Å². The van der Waals surface area contributed by atoms with Crippen molar-refractivity contribution in [2.24, 2.45) is 16.0 Å². The zero-order valence-electron chi connectivity index (χ0n) is 17.9. The molecule has 0 spiro atoms. The molecule has 0 saturated heterocycles. The van der Waals surface area contributed by atoms with E-state index in [0.717, 1.165) is 23.1 Å². The third kappa shape index (κ3) is 5.36. The van der Waals surface area contributed by atoms with Crippen LogP contribution >= 0.6 is 0 Å². The number of rotatable bonds is 7. The van der Waals surface area contributed by atoms with Gasteiger partial charge in [0.25, 0.3) is 0 Å². The van der Waals surface area contributed by atoms with E-state index in [-0.39, 0.29) is 28.8 Å². The van der Waals surface area contributed by atoms with Crippen molar-refractivity contribution in [1.29, 1.82) is 0 Å². The first-order valence-electron chi connectivity index (χ1n) is 10.0. The standard InChI is InChI=1S/C23H23F2N7O/c1-3-5-20(33)30-16-10-8-14(9-11-16)15-12-17(22(26)29-13-15)23(31-28-2)32(27)19-7-4-6-18(24)21(19)25/h4,6-13H,2-3,5,27H2,1H3,(H2,26,29)(H,30,33)/b31-23-. The second-order valence-corrected chi connectivity index (χ2v) is 7.04. The van der Waals surface area contributed by atoms with E-state index < -0.39 is 11.6 Å². The number of benzene rings is 2.